The van der Waals surface area contributed by atoms with Crippen molar-refractivity contribution >= 4 is 11.7 Å². The number of hydrogen-bond acceptors (Lipinski definition) is 5. The summed E-state index contributed by atoms with van der Waals surface area (Å²) in [6.45, 7) is 3.45. The van der Waals surface area contributed by atoms with Gasteiger partial charge in [-0.15, -0.1) is 10.2 Å². The van der Waals surface area contributed by atoms with Crippen molar-refractivity contribution in [3.63, 3.8) is 0 Å². The predicted molar refractivity (Wildman–Crippen MR) is 69.6 cm³/mol. The van der Waals surface area contributed by atoms with E-state index in [1.807, 2.05) is 4.90 Å². The second-order valence-corrected chi connectivity index (χ2v) is 4.19. The average Bonchev–Trinajstić information content (AvgIpc) is 2.38. The molecule has 0 spiro atoms. The highest BCUT2D eigenvalue weighted by atomic mass is 16.3. The van der Waals surface area contributed by atoms with E-state index in [-0.39, 0.29) is 12.5 Å². The van der Waals surface area contributed by atoms with Crippen LogP contribution < -0.4 is 4.90 Å². The molecule has 6 nitrogen and oxygen atoms in total. The Morgan fingerprint density at radius 1 is 1.28 bits per heavy atom. The van der Waals surface area contributed by atoms with Gasteiger partial charge in [-0.05, 0) is 18.6 Å². The van der Waals surface area contributed by atoms with Crippen LogP contribution in [0.25, 0.3) is 0 Å². The van der Waals surface area contributed by atoms with E-state index >= 15 is 0 Å². The molecule has 1 aromatic rings. The Labute approximate surface area is 107 Å². The molecule has 100 valence electrons. The van der Waals surface area contributed by atoms with Crippen molar-refractivity contribution in [1.82, 2.24) is 15.1 Å². The summed E-state index contributed by atoms with van der Waals surface area (Å²) in [5.74, 6) is 0.513. The van der Waals surface area contributed by atoms with E-state index in [4.69, 9.17) is 5.11 Å². The topological polar surface area (TPSA) is 69.6 Å². The van der Waals surface area contributed by atoms with Crippen LogP contribution in [0.15, 0.2) is 12.1 Å². The van der Waals surface area contributed by atoms with Gasteiger partial charge in [0.05, 0.1) is 6.61 Å². The number of hydrogen-bond donors (Lipinski definition) is 1. The minimum Gasteiger partial charge on any atom is -0.395 e. The molecule has 1 heterocycles. The standard InChI is InChI=1S/C12H20N4O2/c1-4-7-16(8-9-17)11-6-5-10(13-14-11)12(18)15(2)3/h5-6,17H,4,7-9H2,1-3H3. The quantitative estimate of drug-likeness (QED) is 0.793. The molecule has 0 fully saturated rings. The van der Waals surface area contributed by atoms with Crippen LogP contribution in [0.3, 0.4) is 0 Å². The molecule has 1 N–H and O–H groups in total. The number of carbonyl (C=O) groups excluding carboxylic acids is 1. The summed E-state index contributed by atoms with van der Waals surface area (Å²) >= 11 is 0. The maximum Gasteiger partial charge on any atom is 0.273 e. The molecule has 0 unspecified atom stereocenters. The van der Waals surface area contributed by atoms with Crippen LogP contribution in [0.2, 0.25) is 0 Å². The molecule has 0 atom stereocenters. The first-order chi connectivity index (χ1) is 8.60. The second-order valence-electron chi connectivity index (χ2n) is 4.19. The molecular formula is C12H20N4O2. The van der Waals surface area contributed by atoms with Crippen LogP contribution in [-0.2, 0) is 0 Å². The van der Waals surface area contributed by atoms with Crippen molar-refractivity contribution in [2.45, 2.75) is 13.3 Å². The third kappa shape index (κ3) is 3.66. The Morgan fingerprint density at radius 2 is 2.00 bits per heavy atom. The molecule has 0 radical (unpaired) electrons. The summed E-state index contributed by atoms with van der Waals surface area (Å²) < 4.78 is 0. The fourth-order valence-electron chi connectivity index (χ4n) is 1.57. The van der Waals surface area contributed by atoms with Gasteiger partial charge in [0.2, 0.25) is 0 Å². The number of amides is 1. The summed E-state index contributed by atoms with van der Waals surface area (Å²) in [4.78, 5) is 15.0. The molecule has 0 bridgehead atoms. The van der Waals surface area contributed by atoms with Gasteiger partial charge in [-0.25, -0.2) is 0 Å². The number of aliphatic hydroxyl groups excluding tert-OH is 1. The third-order valence-electron chi connectivity index (χ3n) is 2.46. The lowest BCUT2D eigenvalue weighted by Gasteiger charge is -2.21. The van der Waals surface area contributed by atoms with Gasteiger partial charge in [0, 0.05) is 27.2 Å². The molecule has 6 heteroatoms. The van der Waals surface area contributed by atoms with Crippen LogP contribution in [0, 0.1) is 0 Å². The number of rotatable bonds is 6. The Balaban J connectivity index is 2.83. The fourth-order valence-corrected chi connectivity index (χ4v) is 1.57. The van der Waals surface area contributed by atoms with Crippen LogP contribution in [0.1, 0.15) is 23.8 Å². The van der Waals surface area contributed by atoms with E-state index in [2.05, 4.69) is 17.1 Å². The van der Waals surface area contributed by atoms with Crippen LogP contribution in [0.4, 0.5) is 5.82 Å². The monoisotopic (exact) mass is 252 g/mol. The zero-order valence-electron chi connectivity index (χ0n) is 11.1. The van der Waals surface area contributed by atoms with Gasteiger partial charge in [0.15, 0.2) is 11.5 Å². The van der Waals surface area contributed by atoms with Gasteiger partial charge in [-0.3, -0.25) is 4.79 Å². The second kappa shape index (κ2) is 6.90. The Hall–Kier alpha value is -1.69. The highest BCUT2D eigenvalue weighted by Crippen LogP contribution is 2.10. The molecular weight excluding hydrogens is 232 g/mol. The summed E-state index contributed by atoms with van der Waals surface area (Å²) in [5.41, 5.74) is 0.323. The number of carbonyl (C=O) groups is 1. The lowest BCUT2D eigenvalue weighted by atomic mass is 10.3. The van der Waals surface area contributed by atoms with Gasteiger partial charge < -0.3 is 14.9 Å². The first-order valence-corrected chi connectivity index (χ1v) is 6.01. The molecule has 0 saturated carbocycles. The zero-order valence-corrected chi connectivity index (χ0v) is 11.1. The van der Waals surface area contributed by atoms with Crippen molar-refractivity contribution in [2.75, 3.05) is 38.7 Å². The van der Waals surface area contributed by atoms with E-state index in [9.17, 15) is 4.79 Å². The minimum atomic E-state index is -0.168. The third-order valence-corrected chi connectivity index (χ3v) is 2.46. The smallest absolute Gasteiger partial charge is 0.273 e. The van der Waals surface area contributed by atoms with E-state index < -0.39 is 0 Å². The van der Waals surface area contributed by atoms with Crippen molar-refractivity contribution < 1.29 is 9.90 Å². The Bertz CT molecular complexity index is 372. The van der Waals surface area contributed by atoms with Crippen molar-refractivity contribution in [3.05, 3.63) is 17.8 Å². The van der Waals surface area contributed by atoms with Crippen molar-refractivity contribution in [2.24, 2.45) is 0 Å². The zero-order chi connectivity index (χ0) is 13.5. The lowest BCUT2D eigenvalue weighted by Crippen LogP contribution is -2.29. The lowest BCUT2D eigenvalue weighted by molar-refractivity contribution is 0.0821. The van der Waals surface area contributed by atoms with Crippen LogP contribution >= 0.6 is 0 Å². The van der Waals surface area contributed by atoms with Gasteiger partial charge >= 0.3 is 0 Å². The number of nitrogens with zero attached hydrogens (tertiary/aromatic N) is 4. The number of aromatic nitrogens is 2. The van der Waals surface area contributed by atoms with Crippen molar-refractivity contribution in [1.29, 1.82) is 0 Å². The van der Waals surface area contributed by atoms with E-state index in [0.29, 0.717) is 18.1 Å². The number of aliphatic hydroxyl groups is 1. The molecule has 1 amide bonds. The normalized spacial score (nSPS) is 10.2. The summed E-state index contributed by atoms with van der Waals surface area (Å²) in [6.07, 6.45) is 0.958. The molecule has 0 saturated heterocycles. The Morgan fingerprint density at radius 3 is 2.44 bits per heavy atom. The van der Waals surface area contributed by atoms with Gasteiger partial charge in [0.1, 0.15) is 0 Å². The van der Waals surface area contributed by atoms with Crippen molar-refractivity contribution in [3.8, 4) is 0 Å². The summed E-state index contributed by atoms with van der Waals surface area (Å²) in [7, 11) is 3.35. The molecule has 0 aliphatic rings. The van der Waals surface area contributed by atoms with E-state index in [1.165, 1.54) is 4.90 Å². The first-order valence-electron chi connectivity index (χ1n) is 6.01. The SMILES string of the molecule is CCCN(CCO)c1ccc(C(=O)N(C)C)nn1. The van der Waals surface area contributed by atoms with Gasteiger partial charge in [-0.1, -0.05) is 6.92 Å². The molecule has 0 aliphatic heterocycles. The molecule has 0 aliphatic carbocycles. The van der Waals surface area contributed by atoms with Crippen LogP contribution in [-0.4, -0.2) is 59.9 Å². The van der Waals surface area contributed by atoms with Crippen LogP contribution in [0.5, 0.6) is 0 Å². The largest absolute Gasteiger partial charge is 0.395 e. The van der Waals surface area contributed by atoms with Gasteiger partial charge in [-0.2, -0.15) is 0 Å². The highest BCUT2D eigenvalue weighted by molar-refractivity contribution is 5.91. The fraction of sp³-hybridized carbons (Fsp3) is 0.583. The van der Waals surface area contributed by atoms with Gasteiger partial charge in [0.25, 0.3) is 5.91 Å². The average molecular weight is 252 g/mol. The first kappa shape index (κ1) is 14.4. The summed E-state index contributed by atoms with van der Waals surface area (Å²) in [6, 6.07) is 3.42. The van der Waals surface area contributed by atoms with E-state index in [1.54, 1.807) is 26.2 Å². The van der Waals surface area contributed by atoms with E-state index in [0.717, 1.165) is 13.0 Å². The molecule has 18 heavy (non-hydrogen) atoms. The maximum absolute atomic E-state index is 11.6. The Kier molecular flexibility index (Phi) is 5.51. The predicted octanol–water partition coefficient (Wildman–Crippen LogP) is 0.387. The maximum atomic E-state index is 11.6. The molecule has 1 rings (SSSR count). The molecule has 0 aromatic carbocycles. The molecule has 1 aromatic heterocycles. The highest BCUT2D eigenvalue weighted by Gasteiger charge is 2.12. The minimum absolute atomic E-state index is 0.0695. The number of anilines is 1. The summed E-state index contributed by atoms with van der Waals surface area (Å²) in [5, 5.41) is 16.9.